The second kappa shape index (κ2) is 6.58. The number of rotatable bonds is 3. The van der Waals surface area contributed by atoms with Gasteiger partial charge in [-0.25, -0.2) is 0 Å². The van der Waals surface area contributed by atoms with Gasteiger partial charge >= 0.3 is 0 Å². The fourth-order valence-electron chi connectivity index (χ4n) is 2.23. The molecule has 1 fully saturated rings. The van der Waals surface area contributed by atoms with E-state index in [9.17, 15) is 4.79 Å². The summed E-state index contributed by atoms with van der Waals surface area (Å²) in [7, 11) is 0. The number of piperidine rings is 1. The van der Waals surface area contributed by atoms with Crippen molar-refractivity contribution in [3.05, 3.63) is 34.3 Å². The van der Waals surface area contributed by atoms with Gasteiger partial charge < -0.3 is 4.90 Å². The zero-order valence-electron chi connectivity index (χ0n) is 10.2. The summed E-state index contributed by atoms with van der Waals surface area (Å²) in [5.41, 5.74) is 1.07. The molecule has 0 aromatic heterocycles. The fourth-order valence-corrected chi connectivity index (χ4v) is 2.80. The molecule has 0 aliphatic carbocycles. The van der Waals surface area contributed by atoms with Gasteiger partial charge in [-0.2, -0.15) is 0 Å². The van der Waals surface area contributed by atoms with E-state index in [1.165, 1.54) is 0 Å². The van der Waals surface area contributed by atoms with Crippen molar-refractivity contribution < 1.29 is 4.79 Å². The number of hydrogen-bond acceptors (Lipinski definition) is 1. The SMILES string of the molecule is O=C(Cc1ccc(Br)cc1)N1CCC(CCl)CC1. The van der Waals surface area contributed by atoms with Crippen molar-refractivity contribution in [1.29, 1.82) is 0 Å². The Morgan fingerprint density at radius 1 is 1.28 bits per heavy atom. The number of benzene rings is 1. The largest absolute Gasteiger partial charge is 0.342 e. The van der Waals surface area contributed by atoms with Crippen LogP contribution in [0.5, 0.6) is 0 Å². The van der Waals surface area contributed by atoms with Gasteiger partial charge in [0.2, 0.25) is 5.91 Å². The monoisotopic (exact) mass is 329 g/mol. The van der Waals surface area contributed by atoms with Crippen molar-refractivity contribution in [1.82, 2.24) is 4.90 Å². The lowest BCUT2D eigenvalue weighted by Gasteiger charge is -2.31. The van der Waals surface area contributed by atoms with Gasteiger partial charge in [0, 0.05) is 23.4 Å². The van der Waals surface area contributed by atoms with Crippen molar-refractivity contribution in [2.24, 2.45) is 5.92 Å². The van der Waals surface area contributed by atoms with E-state index in [1.54, 1.807) is 0 Å². The molecule has 0 radical (unpaired) electrons. The molecule has 98 valence electrons. The Kier molecular flexibility index (Phi) is 5.07. The van der Waals surface area contributed by atoms with Gasteiger partial charge in [-0.3, -0.25) is 4.79 Å². The highest BCUT2D eigenvalue weighted by Gasteiger charge is 2.21. The van der Waals surface area contributed by atoms with E-state index in [0.29, 0.717) is 12.3 Å². The third kappa shape index (κ3) is 3.72. The maximum Gasteiger partial charge on any atom is 0.226 e. The van der Waals surface area contributed by atoms with E-state index in [-0.39, 0.29) is 5.91 Å². The molecule has 2 rings (SSSR count). The van der Waals surface area contributed by atoms with Gasteiger partial charge in [-0.1, -0.05) is 28.1 Å². The molecule has 1 aliphatic heterocycles. The van der Waals surface area contributed by atoms with Crippen LogP contribution in [0, 0.1) is 5.92 Å². The Hall–Kier alpha value is -0.540. The van der Waals surface area contributed by atoms with Gasteiger partial charge in [0.15, 0.2) is 0 Å². The average Bonchev–Trinajstić information content (AvgIpc) is 2.41. The first kappa shape index (κ1) is 13.9. The minimum Gasteiger partial charge on any atom is -0.342 e. The lowest BCUT2D eigenvalue weighted by molar-refractivity contribution is -0.131. The summed E-state index contributed by atoms with van der Waals surface area (Å²) in [5, 5.41) is 0. The van der Waals surface area contributed by atoms with E-state index in [4.69, 9.17) is 11.6 Å². The Labute approximate surface area is 121 Å². The van der Waals surface area contributed by atoms with Crippen LogP contribution < -0.4 is 0 Å². The molecule has 1 aromatic rings. The minimum absolute atomic E-state index is 0.227. The number of carbonyl (C=O) groups excluding carboxylic acids is 1. The van der Waals surface area contributed by atoms with E-state index >= 15 is 0 Å². The summed E-state index contributed by atoms with van der Waals surface area (Å²) in [6, 6.07) is 7.94. The molecule has 0 N–H and O–H groups in total. The molecule has 1 heterocycles. The highest BCUT2D eigenvalue weighted by molar-refractivity contribution is 9.10. The molecule has 2 nitrogen and oxygen atoms in total. The molecule has 0 saturated carbocycles. The molecule has 0 bridgehead atoms. The third-order valence-electron chi connectivity index (χ3n) is 3.45. The standard InChI is InChI=1S/C14H17BrClNO/c15-13-3-1-11(2-4-13)9-14(18)17-7-5-12(10-16)6-8-17/h1-4,12H,5-10H2. The van der Waals surface area contributed by atoms with Crippen LogP contribution in [0.25, 0.3) is 0 Å². The van der Waals surface area contributed by atoms with Crippen molar-refractivity contribution in [2.45, 2.75) is 19.3 Å². The Morgan fingerprint density at radius 3 is 2.44 bits per heavy atom. The van der Waals surface area contributed by atoms with Crippen LogP contribution >= 0.6 is 27.5 Å². The lowest BCUT2D eigenvalue weighted by Crippen LogP contribution is -2.39. The second-order valence-corrected chi connectivity index (χ2v) is 6.01. The highest BCUT2D eigenvalue weighted by atomic mass is 79.9. The third-order valence-corrected chi connectivity index (χ3v) is 4.42. The Balaban J connectivity index is 1.87. The predicted octanol–water partition coefficient (Wildman–Crippen LogP) is 3.47. The molecule has 4 heteroatoms. The van der Waals surface area contributed by atoms with Crippen molar-refractivity contribution in [3.8, 4) is 0 Å². The van der Waals surface area contributed by atoms with Crippen LogP contribution in [0.3, 0.4) is 0 Å². The van der Waals surface area contributed by atoms with Crippen molar-refractivity contribution in [2.75, 3.05) is 19.0 Å². The molecular weight excluding hydrogens is 314 g/mol. The van der Waals surface area contributed by atoms with Gasteiger partial charge in [0.1, 0.15) is 0 Å². The quantitative estimate of drug-likeness (QED) is 0.777. The van der Waals surface area contributed by atoms with Gasteiger partial charge in [0.05, 0.1) is 6.42 Å². The smallest absolute Gasteiger partial charge is 0.226 e. The number of hydrogen-bond donors (Lipinski definition) is 0. The maximum absolute atomic E-state index is 12.1. The first-order chi connectivity index (χ1) is 8.69. The van der Waals surface area contributed by atoms with Crippen molar-refractivity contribution in [3.63, 3.8) is 0 Å². The second-order valence-electron chi connectivity index (χ2n) is 4.78. The van der Waals surface area contributed by atoms with E-state index in [2.05, 4.69) is 15.9 Å². The van der Waals surface area contributed by atoms with Gasteiger partial charge in [-0.05, 0) is 36.5 Å². The predicted molar refractivity (Wildman–Crippen MR) is 77.9 cm³/mol. The molecule has 0 spiro atoms. The maximum atomic E-state index is 12.1. The summed E-state index contributed by atoms with van der Waals surface area (Å²) in [6.45, 7) is 1.71. The first-order valence-electron chi connectivity index (χ1n) is 6.27. The van der Waals surface area contributed by atoms with Crippen LogP contribution in [0.15, 0.2) is 28.7 Å². The number of alkyl halides is 1. The van der Waals surface area contributed by atoms with Crippen LogP contribution in [0.1, 0.15) is 18.4 Å². The topological polar surface area (TPSA) is 20.3 Å². The first-order valence-corrected chi connectivity index (χ1v) is 7.60. The van der Waals surface area contributed by atoms with E-state index in [0.717, 1.165) is 41.8 Å². The molecular formula is C14H17BrClNO. The number of likely N-dealkylation sites (tertiary alicyclic amines) is 1. The Bertz CT molecular complexity index is 399. The van der Waals surface area contributed by atoms with E-state index < -0.39 is 0 Å². The molecule has 1 amide bonds. The van der Waals surface area contributed by atoms with E-state index in [1.807, 2.05) is 29.2 Å². The molecule has 1 aromatic carbocycles. The number of carbonyl (C=O) groups is 1. The van der Waals surface area contributed by atoms with Crippen LogP contribution in [-0.2, 0) is 11.2 Å². The Morgan fingerprint density at radius 2 is 1.89 bits per heavy atom. The zero-order valence-corrected chi connectivity index (χ0v) is 12.6. The normalized spacial score (nSPS) is 16.9. The van der Waals surface area contributed by atoms with Crippen LogP contribution in [-0.4, -0.2) is 29.8 Å². The molecule has 0 atom stereocenters. The number of halogens is 2. The summed E-state index contributed by atoms with van der Waals surface area (Å²) < 4.78 is 1.04. The van der Waals surface area contributed by atoms with Gasteiger partial charge in [-0.15, -0.1) is 11.6 Å². The summed E-state index contributed by atoms with van der Waals surface area (Å²) >= 11 is 9.24. The van der Waals surface area contributed by atoms with Crippen molar-refractivity contribution >= 4 is 33.4 Å². The average molecular weight is 331 g/mol. The van der Waals surface area contributed by atoms with Gasteiger partial charge in [0.25, 0.3) is 0 Å². The van der Waals surface area contributed by atoms with Crippen LogP contribution in [0.4, 0.5) is 0 Å². The molecule has 1 aliphatic rings. The summed E-state index contributed by atoms with van der Waals surface area (Å²) in [5.74, 6) is 1.53. The van der Waals surface area contributed by atoms with Crippen LogP contribution in [0.2, 0.25) is 0 Å². The minimum atomic E-state index is 0.227. The summed E-state index contributed by atoms with van der Waals surface area (Å²) in [6.07, 6.45) is 2.57. The zero-order chi connectivity index (χ0) is 13.0. The molecule has 1 saturated heterocycles. The molecule has 0 unspecified atom stereocenters. The molecule has 18 heavy (non-hydrogen) atoms. The fraction of sp³-hybridized carbons (Fsp3) is 0.500. The number of nitrogens with zero attached hydrogens (tertiary/aromatic N) is 1. The lowest BCUT2D eigenvalue weighted by atomic mass is 9.98. The summed E-state index contributed by atoms with van der Waals surface area (Å²) in [4.78, 5) is 14.1. The number of amides is 1. The highest BCUT2D eigenvalue weighted by Crippen LogP contribution is 2.19.